The van der Waals surface area contributed by atoms with Crippen molar-refractivity contribution in [3.8, 4) is 5.75 Å². The zero-order chi connectivity index (χ0) is 19.2. The number of carbonyl (C=O) groups is 2. The lowest BCUT2D eigenvalue weighted by Crippen LogP contribution is -2.52. The number of piperidine rings is 1. The van der Waals surface area contributed by atoms with Crippen molar-refractivity contribution in [2.75, 3.05) is 44.7 Å². The van der Waals surface area contributed by atoms with Crippen molar-refractivity contribution in [1.29, 1.82) is 0 Å². The lowest BCUT2D eigenvalue weighted by Gasteiger charge is -2.36. The van der Waals surface area contributed by atoms with Gasteiger partial charge in [0.15, 0.2) is 0 Å². The zero-order valence-electron chi connectivity index (χ0n) is 16.5. The molecule has 1 aromatic rings. The number of nitrogens with zero attached hydrogens (tertiary/aromatic N) is 3. The third-order valence-electron chi connectivity index (χ3n) is 5.74. The van der Waals surface area contributed by atoms with Crippen molar-refractivity contribution in [1.82, 2.24) is 9.80 Å². The van der Waals surface area contributed by atoms with Crippen LogP contribution in [0.5, 0.6) is 5.75 Å². The van der Waals surface area contributed by atoms with Gasteiger partial charge >= 0.3 is 0 Å². The molecule has 0 spiro atoms. The van der Waals surface area contributed by atoms with Crippen molar-refractivity contribution in [2.24, 2.45) is 0 Å². The largest absolute Gasteiger partial charge is 0.495 e. The van der Waals surface area contributed by atoms with Crippen molar-refractivity contribution < 1.29 is 14.3 Å². The molecule has 0 saturated carbocycles. The Balaban J connectivity index is 1.51. The Morgan fingerprint density at radius 2 is 1.85 bits per heavy atom. The van der Waals surface area contributed by atoms with E-state index in [4.69, 9.17) is 4.74 Å². The summed E-state index contributed by atoms with van der Waals surface area (Å²) in [6.45, 7) is 5.72. The molecule has 2 amide bonds. The second kappa shape index (κ2) is 9.22. The highest BCUT2D eigenvalue weighted by Gasteiger charge is 2.29. The topological polar surface area (TPSA) is 53.1 Å². The highest BCUT2D eigenvalue weighted by Crippen LogP contribution is 2.29. The first-order valence-corrected chi connectivity index (χ1v) is 10.1. The predicted octanol–water partition coefficient (Wildman–Crippen LogP) is 2.53. The highest BCUT2D eigenvalue weighted by molar-refractivity contribution is 5.99. The van der Waals surface area contributed by atoms with E-state index in [0.29, 0.717) is 31.3 Å². The van der Waals surface area contributed by atoms with Crippen molar-refractivity contribution in [3.63, 3.8) is 0 Å². The van der Waals surface area contributed by atoms with Gasteiger partial charge in [-0.15, -0.1) is 0 Å². The van der Waals surface area contributed by atoms with Crippen LogP contribution >= 0.6 is 0 Å². The van der Waals surface area contributed by atoms with Crippen LogP contribution in [-0.4, -0.2) is 67.5 Å². The van der Waals surface area contributed by atoms with Crippen molar-refractivity contribution >= 4 is 17.5 Å². The summed E-state index contributed by atoms with van der Waals surface area (Å²) >= 11 is 0. The fourth-order valence-electron chi connectivity index (χ4n) is 4.03. The second-order valence-corrected chi connectivity index (χ2v) is 7.52. The highest BCUT2D eigenvalue weighted by atomic mass is 16.5. The molecule has 3 rings (SSSR count). The molecule has 0 N–H and O–H groups in total. The smallest absolute Gasteiger partial charge is 0.246 e. The lowest BCUT2D eigenvalue weighted by molar-refractivity contribution is -0.137. The van der Waals surface area contributed by atoms with Crippen molar-refractivity contribution in [3.05, 3.63) is 24.3 Å². The fraction of sp³-hybridized carbons (Fsp3) is 0.619. The third-order valence-corrected chi connectivity index (χ3v) is 5.74. The summed E-state index contributed by atoms with van der Waals surface area (Å²) < 4.78 is 5.36. The molecule has 0 radical (unpaired) electrons. The molecule has 2 aliphatic rings. The van der Waals surface area contributed by atoms with Crippen LogP contribution in [-0.2, 0) is 9.59 Å². The average molecular weight is 373 g/mol. The van der Waals surface area contributed by atoms with Crippen LogP contribution in [0, 0.1) is 0 Å². The Kier molecular flexibility index (Phi) is 6.72. The maximum absolute atomic E-state index is 12.6. The van der Waals surface area contributed by atoms with E-state index in [0.717, 1.165) is 25.2 Å². The van der Waals surface area contributed by atoms with Gasteiger partial charge in [0.05, 0.1) is 12.8 Å². The quantitative estimate of drug-likeness (QED) is 0.769. The number of likely N-dealkylation sites (tertiary alicyclic amines) is 1. The van der Waals surface area contributed by atoms with Crippen LogP contribution in [0.3, 0.4) is 0 Å². The second-order valence-electron chi connectivity index (χ2n) is 7.52. The van der Waals surface area contributed by atoms with Gasteiger partial charge in [-0.1, -0.05) is 18.6 Å². The SMILES string of the molecule is COc1ccccc1N1CCN(C(=O)CCC(C)N2CCCCC2)CC1=O. The predicted molar refractivity (Wildman–Crippen MR) is 106 cm³/mol. The Labute approximate surface area is 162 Å². The van der Waals surface area contributed by atoms with Crippen molar-refractivity contribution in [2.45, 2.75) is 45.1 Å². The number of para-hydroxylation sites is 2. The number of rotatable bonds is 6. The van der Waals surface area contributed by atoms with Crippen LogP contribution < -0.4 is 9.64 Å². The molecular weight excluding hydrogens is 342 g/mol. The lowest BCUT2D eigenvalue weighted by atomic mass is 10.1. The number of amides is 2. The summed E-state index contributed by atoms with van der Waals surface area (Å²) in [5.74, 6) is 0.719. The van der Waals surface area contributed by atoms with Gasteiger partial charge in [0.2, 0.25) is 11.8 Å². The molecule has 2 heterocycles. The van der Waals surface area contributed by atoms with E-state index in [1.807, 2.05) is 24.3 Å². The van der Waals surface area contributed by atoms with Crippen LogP contribution in [0.15, 0.2) is 24.3 Å². The van der Waals surface area contributed by atoms with Crippen LogP contribution in [0.4, 0.5) is 5.69 Å². The number of methoxy groups -OCH3 is 1. The first-order chi connectivity index (χ1) is 13.1. The van der Waals surface area contributed by atoms with Crippen LogP contribution in [0.1, 0.15) is 39.0 Å². The standard InChI is InChI=1S/C21H31N3O3/c1-17(22-12-6-3-7-13-22)10-11-20(25)23-14-15-24(21(26)16-23)18-8-4-5-9-19(18)27-2/h4-5,8-9,17H,3,6-7,10-16H2,1-2H3. The summed E-state index contributed by atoms with van der Waals surface area (Å²) in [6, 6.07) is 7.94. The van der Waals surface area contributed by atoms with Gasteiger partial charge < -0.3 is 19.4 Å². The van der Waals surface area contributed by atoms with E-state index >= 15 is 0 Å². The van der Waals surface area contributed by atoms with E-state index in [1.165, 1.54) is 19.3 Å². The first-order valence-electron chi connectivity index (χ1n) is 10.1. The Morgan fingerprint density at radius 3 is 2.56 bits per heavy atom. The third kappa shape index (κ3) is 4.80. The first kappa shape index (κ1) is 19.7. The van der Waals surface area contributed by atoms with E-state index in [9.17, 15) is 9.59 Å². The van der Waals surface area contributed by atoms with Gasteiger partial charge in [-0.2, -0.15) is 0 Å². The van der Waals surface area contributed by atoms with Crippen LogP contribution in [0.2, 0.25) is 0 Å². The maximum Gasteiger partial charge on any atom is 0.246 e. The minimum Gasteiger partial charge on any atom is -0.495 e. The number of piperazine rings is 1. The molecule has 2 fully saturated rings. The molecule has 148 valence electrons. The minimum absolute atomic E-state index is 0.0526. The summed E-state index contributed by atoms with van der Waals surface area (Å²) in [4.78, 5) is 31.2. The normalized spacial score (nSPS) is 19.9. The van der Waals surface area contributed by atoms with E-state index in [1.54, 1.807) is 16.9 Å². The summed E-state index contributed by atoms with van der Waals surface area (Å²) in [5, 5.41) is 0. The zero-order valence-corrected chi connectivity index (χ0v) is 16.5. The molecule has 6 nitrogen and oxygen atoms in total. The van der Waals surface area contributed by atoms with Gasteiger partial charge in [0.1, 0.15) is 12.3 Å². The molecule has 1 atom stereocenters. The Bertz CT molecular complexity index is 658. The Hall–Kier alpha value is -2.08. The summed E-state index contributed by atoms with van der Waals surface area (Å²) in [5.41, 5.74) is 0.774. The molecule has 0 aromatic heterocycles. The number of anilines is 1. The molecule has 6 heteroatoms. The number of ether oxygens (including phenoxy) is 1. The van der Waals surface area contributed by atoms with Gasteiger partial charge in [0, 0.05) is 25.6 Å². The van der Waals surface area contributed by atoms with Gasteiger partial charge in [0.25, 0.3) is 0 Å². The monoisotopic (exact) mass is 373 g/mol. The van der Waals surface area contributed by atoms with Gasteiger partial charge in [-0.05, 0) is 51.4 Å². The molecule has 2 saturated heterocycles. The fourth-order valence-corrected chi connectivity index (χ4v) is 4.03. The summed E-state index contributed by atoms with van der Waals surface area (Å²) in [6.07, 6.45) is 5.22. The molecule has 1 unspecified atom stereocenters. The van der Waals surface area contributed by atoms with Crippen LogP contribution in [0.25, 0.3) is 0 Å². The molecule has 2 aliphatic heterocycles. The number of hydrogen-bond donors (Lipinski definition) is 0. The minimum atomic E-state index is -0.0526. The molecule has 1 aromatic carbocycles. The van der Waals surface area contributed by atoms with E-state index in [-0.39, 0.29) is 18.4 Å². The van der Waals surface area contributed by atoms with Gasteiger partial charge in [-0.3, -0.25) is 9.59 Å². The molecule has 0 aliphatic carbocycles. The number of carbonyl (C=O) groups excluding carboxylic acids is 2. The maximum atomic E-state index is 12.6. The molecular formula is C21H31N3O3. The van der Waals surface area contributed by atoms with E-state index in [2.05, 4.69) is 11.8 Å². The number of benzene rings is 1. The molecule has 0 bridgehead atoms. The average Bonchev–Trinajstić information content (AvgIpc) is 2.72. The Morgan fingerprint density at radius 1 is 1.11 bits per heavy atom. The summed E-state index contributed by atoms with van der Waals surface area (Å²) in [7, 11) is 1.60. The number of hydrogen-bond acceptors (Lipinski definition) is 4. The van der Waals surface area contributed by atoms with Gasteiger partial charge in [-0.25, -0.2) is 0 Å². The van der Waals surface area contributed by atoms with E-state index < -0.39 is 0 Å². The molecule has 27 heavy (non-hydrogen) atoms.